The highest BCUT2D eigenvalue weighted by molar-refractivity contribution is 5.14. The van der Waals surface area contributed by atoms with Crippen LogP contribution < -0.4 is 0 Å². The highest BCUT2D eigenvalue weighted by atomic mass is 19.4. The summed E-state index contributed by atoms with van der Waals surface area (Å²) < 4.78 is 35.2. The Labute approximate surface area is 69.0 Å². The van der Waals surface area contributed by atoms with Gasteiger partial charge in [0.15, 0.2) is 0 Å². The van der Waals surface area contributed by atoms with E-state index in [0.717, 1.165) is 5.56 Å². The number of halogens is 3. The Morgan fingerprint density at radius 2 is 1.58 bits per heavy atom. The molecular weight excluding hydrogens is 165 g/mol. The Kier molecular flexibility index (Phi) is 2.74. The smallest absolute Gasteiger partial charge is 0.171 e. The van der Waals surface area contributed by atoms with E-state index in [0.29, 0.717) is 0 Å². The van der Waals surface area contributed by atoms with Gasteiger partial charge in [-0.15, -0.1) is 0 Å². The van der Waals surface area contributed by atoms with Crippen molar-refractivity contribution in [2.75, 3.05) is 0 Å². The molecule has 1 aromatic carbocycles. The normalized spacial score (nSPS) is 11.6. The van der Waals surface area contributed by atoms with Crippen molar-refractivity contribution in [2.24, 2.45) is 0 Å². The lowest BCUT2D eigenvalue weighted by molar-refractivity contribution is -0.133. The van der Waals surface area contributed by atoms with Gasteiger partial charge in [-0.05, 0) is 12.0 Å². The second-order valence-electron chi connectivity index (χ2n) is 2.60. The van der Waals surface area contributed by atoms with E-state index in [1.165, 1.54) is 0 Å². The number of alkyl halides is 3. The van der Waals surface area contributed by atoms with E-state index in [2.05, 4.69) is 0 Å². The van der Waals surface area contributed by atoms with Crippen LogP contribution >= 0.6 is 0 Å². The highest BCUT2D eigenvalue weighted by Gasteiger charge is 2.26. The van der Waals surface area contributed by atoms with Gasteiger partial charge in [0.25, 0.3) is 0 Å². The summed E-state index contributed by atoms with van der Waals surface area (Å²) in [6.45, 7) is 0. The molecule has 12 heavy (non-hydrogen) atoms. The maximum atomic E-state index is 11.7. The van der Waals surface area contributed by atoms with Gasteiger partial charge >= 0.3 is 6.18 Å². The van der Waals surface area contributed by atoms with Crippen LogP contribution in [0.5, 0.6) is 0 Å². The maximum absolute atomic E-state index is 11.7. The molecule has 0 atom stereocenters. The maximum Gasteiger partial charge on any atom is 0.389 e. The summed E-state index contributed by atoms with van der Waals surface area (Å²) in [5.74, 6) is 0. The zero-order chi connectivity index (χ0) is 9.03. The summed E-state index contributed by atoms with van der Waals surface area (Å²) in [5.41, 5.74) is 0.731. The van der Waals surface area contributed by atoms with Gasteiger partial charge in [-0.25, -0.2) is 0 Å². The van der Waals surface area contributed by atoms with Crippen molar-refractivity contribution in [3.63, 3.8) is 0 Å². The zero-order valence-electron chi connectivity index (χ0n) is 6.43. The standard InChI is InChI=1S/C9H9F3/c10-9(11,12)7-6-8-4-2-1-3-5-8/h1-5H,6-7H2. The predicted octanol–water partition coefficient (Wildman–Crippen LogP) is 3.18. The Morgan fingerprint density at radius 1 is 1.00 bits per heavy atom. The van der Waals surface area contributed by atoms with Crippen LogP contribution in [0, 0.1) is 0 Å². The molecule has 0 heterocycles. The molecular formula is C9H9F3. The number of hydrogen-bond acceptors (Lipinski definition) is 0. The van der Waals surface area contributed by atoms with Crippen LogP contribution in [-0.4, -0.2) is 6.18 Å². The lowest BCUT2D eigenvalue weighted by Crippen LogP contribution is -2.08. The third kappa shape index (κ3) is 3.42. The summed E-state index contributed by atoms with van der Waals surface area (Å²) in [7, 11) is 0. The van der Waals surface area contributed by atoms with E-state index in [1.807, 2.05) is 0 Å². The number of aryl methyl sites for hydroxylation is 1. The molecule has 0 fully saturated rings. The zero-order valence-corrected chi connectivity index (χ0v) is 6.43. The van der Waals surface area contributed by atoms with E-state index in [-0.39, 0.29) is 6.42 Å². The molecule has 0 radical (unpaired) electrons. The number of benzene rings is 1. The molecule has 0 aromatic heterocycles. The first-order valence-corrected chi connectivity index (χ1v) is 3.68. The lowest BCUT2D eigenvalue weighted by atomic mass is 10.1. The van der Waals surface area contributed by atoms with Crippen molar-refractivity contribution in [1.29, 1.82) is 0 Å². The Hall–Kier alpha value is -0.990. The van der Waals surface area contributed by atoms with E-state index >= 15 is 0 Å². The van der Waals surface area contributed by atoms with Crippen LogP contribution in [0.3, 0.4) is 0 Å². The van der Waals surface area contributed by atoms with Gasteiger partial charge < -0.3 is 0 Å². The summed E-state index contributed by atoms with van der Waals surface area (Å²) >= 11 is 0. The van der Waals surface area contributed by atoms with Gasteiger partial charge in [0.05, 0.1) is 0 Å². The second-order valence-corrected chi connectivity index (χ2v) is 2.60. The second kappa shape index (κ2) is 3.61. The third-order valence-corrected chi connectivity index (χ3v) is 1.54. The summed E-state index contributed by atoms with van der Waals surface area (Å²) in [4.78, 5) is 0. The van der Waals surface area contributed by atoms with Gasteiger partial charge in [0, 0.05) is 6.42 Å². The summed E-state index contributed by atoms with van der Waals surface area (Å²) in [5, 5.41) is 0. The molecule has 0 aliphatic heterocycles. The minimum Gasteiger partial charge on any atom is -0.171 e. The fraction of sp³-hybridized carbons (Fsp3) is 0.333. The fourth-order valence-corrected chi connectivity index (χ4v) is 0.931. The fourth-order valence-electron chi connectivity index (χ4n) is 0.931. The van der Waals surface area contributed by atoms with Crippen LogP contribution in [-0.2, 0) is 6.42 Å². The molecule has 66 valence electrons. The first kappa shape index (κ1) is 9.10. The third-order valence-electron chi connectivity index (χ3n) is 1.54. The van der Waals surface area contributed by atoms with Crippen molar-refractivity contribution in [3.05, 3.63) is 35.9 Å². The molecule has 0 N–H and O–H groups in total. The van der Waals surface area contributed by atoms with Gasteiger partial charge in [0.2, 0.25) is 0 Å². The van der Waals surface area contributed by atoms with Gasteiger partial charge in [-0.2, -0.15) is 13.2 Å². The molecule has 0 saturated heterocycles. The van der Waals surface area contributed by atoms with Crippen molar-refractivity contribution < 1.29 is 13.2 Å². The molecule has 3 heteroatoms. The molecule has 0 aliphatic carbocycles. The molecule has 0 spiro atoms. The summed E-state index contributed by atoms with van der Waals surface area (Å²) in [6, 6.07) is 8.67. The SMILES string of the molecule is FC(F)(F)CCc1ccccc1. The quantitative estimate of drug-likeness (QED) is 0.645. The van der Waals surface area contributed by atoms with Crippen LogP contribution in [0.2, 0.25) is 0 Å². The highest BCUT2D eigenvalue weighted by Crippen LogP contribution is 2.21. The molecule has 0 unspecified atom stereocenters. The Balaban J connectivity index is 2.44. The van der Waals surface area contributed by atoms with E-state index in [1.54, 1.807) is 30.3 Å². The molecule has 1 aromatic rings. The number of rotatable bonds is 2. The first-order valence-electron chi connectivity index (χ1n) is 3.68. The Morgan fingerprint density at radius 3 is 2.08 bits per heavy atom. The van der Waals surface area contributed by atoms with E-state index in [9.17, 15) is 13.2 Å². The van der Waals surface area contributed by atoms with E-state index < -0.39 is 12.6 Å². The van der Waals surface area contributed by atoms with Crippen molar-refractivity contribution >= 4 is 0 Å². The van der Waals surface area contributed by atoms with Crippen molar-refractivity contribution in [3.8, 4) is 0 Å². The summed E-state index contributed by atoms with van der Waals surface area (Å²) in [6.07, 6.45) is -4.71. The molecule has 1 rings (SSSR count). The van der Waals surface area contributed by atoms with Crippen LogP contribution in [0.25, 0.3) is 0 Å². The Bertz CT molecular complexity index is 225. The van der Waals surface area contributed by atoms with E-state index in [4.69, 9.17) is 0 Å². The average Bonchev–Trinajstić information content (AvgIpc) is 2.02. The van der Waals surface area contributed by atoms with Crippen LogP contribution in [0.1, 0.15) is 12.0 Å². The van der Waals surface area contributed by atoms with Gasteiger partial charge in [-0.3, -0.25) is 0 Å². The monoisotopic (exact) mass is 174 g/mol. The van der Waals surface area contributed by atoms with Gasteiger partial charge in [0.1, 0.15) is 0 Å². The van der Waals surface area contributed by atoms with Crippen molar-refractivity contribution in [2.45, 2.75) is 19.0 Å². The predicted molar refractivity (Wildman–Crippen MR) is 40.8 cm³/mol. The first-order chi connectivity index (χ1) is 5.58. The average molecular weight is 174 g/mol. The molecule has 0 nitrogen and oxygen atoms in total. The number of hydrogen-bond donors (Lipinski definition) is 0. The minimum atomic E-state index is -4.05. The molecule has 0 saturated carbocycles. The molecule has 0 bridgehead atoms. The minimum absolute atomic E-state index is 0.0737. The largest absolute Gasteiger partial charge is 0.389 e. The van der Waals surface area contributed by atoms with Crippen LogP contribution in [0.4, 0.5) is 13.2 Å². The molecule has 0 amide bonds. The van der Waals surface area contributed by atoms with Crippen molar-refractivity contribution in [1.82, 2.24) is 0 Å². The topological polar surface area (TPSA) is 0 Å². The lowest BCUT2D eigenvalue weighted by Gasteiger charge is -2.04. The molecule has 0 aliphatic rings. The van der Waals surface area contributed by atoms with Gasteiger partial charge in [-0.1, -0.05) is 30.3 Å². The van der Waals surface area contributed by atoms with Crippen LogP contribution in [0.15, 0.2) is 30.3 Å².